The van der Waals surface area contributed by atoms with Crippen molar-refractivity contribution in [1.29, 1.82) is 0 Å². The van der Waals surface area contributed by atoms with Gasteiger partial charge in [0, 0.05) is 4.88 Å². The number of nitrogens with one attached hydrogen (secondary N) is 2. The monoisotopic (exact) mass is 261 g/mol. The number of nitrogens with zero attached hydrogens (tertiary/aromatic N) is 1. The standard InChI is InChI=1S/C10H15N3OS.ClH/c1-3-7-6(2)15-10(12-7)13-9(14)8-4-5-11-8;/h8,11H,3-5H2,1-2H3,(H,12,13,14);1H/t8-;/m1./s1. The van der Waals surface area contributed by atoms with Crippen LogP contribution in [0.1, 0.15) is 23.9 Å². The highest BCUT2D eigenvalue weighted by atomic mass is 35.5. The molecule has 2 N–H and O–H groups in total. The van der Waals surface area contributed by atoms with Gasteiger partial charge in [0.1, 0.15) is 0 Å². The van der Waals surface area contributed by atoms with E-state index < -0.39 is 0 Å². The Kier molecular flexibility index (Phi) is 4.70. The Bertz CT molecular complexity index is 376. The molecule has 2 rings (SSSR count). The predicted molar refractivity (Wildman–Crippen MR) is 68.5 cm³/mol. The van der Waals surface area contributed by atoms with Crippen molar-refractivity contribution in [3.63, 3.8) is 0 Å². The van der Waals surface area contributed by atoms with Crippen molar-refractivity contribution in [1.82, 2.24) is 10.3 Å². The summed E-state index contributed by atoms with van der Waals surface area (Å²) in [6, 6.07) is -0.0146. The van der Waals surface area contributed by atoms with Crippen LogP contribution in [-0.2, 0) is 11.2 Å². The lowest BCUT2D eigenvalue weighted by Gasteiger charge is -2.25. The smallest absolute Gasteiger partial charge is 0.243 e. The fraction of sp³-hybridized carbons (Fsp3) is 0.600. The van der Waals surface area contributed by atoms with Gasteiger partial charge in [0.05, 0.1) is 11.7 Å². The van der Waals surface area contributed by atoms with Gasteiger partial charge in [-0.25, -0.2) is 4.98 Å². The molecule has 1 fully saturated rings. The number of anilines is 1. The number of carbonyl (C=O) groups excluding carboxylic acids is 1. The van der Waals surface area contributed by atoms with E-state index in [-0.39, 0.29) is 24.4 Å². The van der Waals surface area contributed by atoms with E-state index in [9.17, 15) is 4.79 Å². The van der Waals surface area contributed by atoms with E-state index in [1.807, 2.05) is 6.92 Å². The van der Waals surface area contributed by atoms with Crippen LogP contribution >= 0.6 is 23.7 Å². The molecular weight excluding hydrogens is 246 g/mol. The second kappa shape index (κ2) is 5.61. The zero-order valence-electron chi connectivity index (χ0n) is 9.37. The Morgan fingerprint density at radius 1 is 1.69 bits per heavy atom. The minimum atomic E-state index is -0.0146. The minimum absolute atomic E-state index is 0. The summed E-state index contributed by atoms with van der Waals surface area (Å²) in [6.45, 7) is 5.05. The summed E-state index contributed by atoms with van der Waals surface area (Å²) in [5, 5.41) is 6.64. The molecule has 1 aliphatic heterocycles. The number of thiazole rings is 1. The van der Waals surface area contributed by atoms with Gasteiger partial charge in [-0.2, -0.15) is 0 Å². The van der Waals surface area contributed by atoms with Crippen molar-refractivity contribution in [3.05, 3.63) is 10.6 Å². The highest BCUT2D eigenvalue weighted by Gasteiger charge is 2.25. The van der Waals surface area contributed by atoms with E-state index in [4.69, 9.17) is 0 Å². The van der Waals surface area contributed by atoms with Crippen molar-refractivity contribution >= 4 is 34.8 Å². The maximum atomic E-state index is 11.6. The number of carbonyl (C=O) groups is 1. The van der Waals surface area contributed by atoms with Crippen molar-refractivity contribution in [3.8, 4) is 0 Å². The lowest BCUT2D eigenvalue weighted by atomic mass is 10.1. The molecule has 1 aromatic heterocycles. The largest absolute Gasteiger partial charge is 0.306 e. The molecule has 1 atom stereocenters. The molecule has 1 aliphatic rings. The lowest BCUT2D eigenvalue weighted by Crippen LogP contribution is -2.50. The Morgan fingerprint density at radius 2 is 2.38 bits per heavy atom. The van der Waals surface area contributed by atoms with E-state index in [1.165, 1.54) is 4.88 Å². The zero-order valence-corrected chi connectivity index (χ0v) is 11.0. The predicted octanol–water partition coefficient (Wildman–Crippen LogP) is 1.74. The summed E-state index contributed by atoms with van der Waals surface area (Å²) in [5.74, 6) is 0.0395. The van der Waals surface area contributed by atoms with Crippen LogP contribution in [0.4, 0.5) is 5.13 Å². The molecule has 1 saturated heterocycles. The van der Waals surface area contributed by atoms with Crippen LogP contribution in [0, 0.1) is 6.92 Å². The summed E-state index contributed by atoms with van der Waals surface area (Å²) >= 11 is 1.55. The molecule has 0 saturated carbocycles. The fourth-order valence-corrected chi connectivity index (χ4v) is 2.42. The molecule has 16 heavy (non-hydrogen) atoms. The number of aromatic nitrogens is 1. The van der Waals surface area contributed by atoms with Crippen molar-refractivity contribution in [2.75, 3.05) is 11.9 Å². The molecule has 1 amide bonds. The van der Waals surface area contributed by atoms with Crippen molar-refractivity contribution < 1.29 is 4.79 Å². The first-order valence-corrected chi connectivity index (χ1v) is 6.03. The number of halogens is 1. The number of aryl methyl sites for hydroxylation is 2. The summed E-state index contributed by atoms with van der Waals surface area (Å²) in [5.41, 5.74) is 1.08. The van der Waals surface area contributed by atoms with Gasteiger partial charge in [-0.3, -0.25) is 4.79 Å². The summed E-state index contributed by atoms with van der Waals surface area (Å²) in [7, 11) is 0. The molecular formula is C10H16ClN3OS. The molecule has 6 heteroatoms. The first-order valence-electron chi connectivity index (χ1n) is 5.21. The maximum absolute atomic E-state index is 11.6. The topological polar surface area (TPSA) is 54.0 Å². The number of hydrogen-bond acceptors (Lipinski definition) is 4. The molecule has 0 spiro atoms. The SMILES string of the molecule is CCc1nc(NC(=O)[C@H]2CCN2)sc1C.Cl. The van der Waals surface area contributed by atoms with E-state index >= 15 is 0 Å². The van der Waals surface area contributed by atoms with Gasteiger partial charge in [0.2, 0.25) is 5.91 Å². The number of hydrogen-bond donors (Lipinski definition) is 2. The average Bonchev–Trinajstić information content (AvgIpc) is 2.42. The molecule has 1 aromatic rings. The molecule has 0 bridgehead atoms. The van der Waals surface area contributed by atoms with Crippen LogP contribution in [0.5, 0.6) is 0 Å². The highest BCUT2D eigenvalue weighted by molar-refractivity contribution is 7.15. The lowest BCUT2D eigenvalue weighted by molar-refractivity contribution is -0.119. The fourth-order valence-electron chi connectivity index (χ4n) is 1.51. The van der Waals surface area contributed by atoms with E-state index in [0.717, 1.165) is 30.2 Å². The van der Waals surface area contributed by atoms with E-state index in [0.29, 0.717) is 0 Å². The molecule has 0 aliphatic carbocycles. The molecule has 90 valence electrons. The molecule has 0 radical (unpaired) electrons. The van der Waals surface area contributed by atoms with E-state index in [2.05, 4.69) is 22.5 Å². The van der Waals surface area contributed by atoms with Gasteiger partial charge in [0.15, 0.2) is 5.13 Å². The normalized spacial score (nSPS) is 18.5. The van der Waals surface area contributed by atoms with Crippen LogP contribution in [0.15, 0.2) is 0 Å². The van der Waals surface area contributed by atoms with E-state index in [1.54, 1.807) is 11.3 Å². The third-order valence-electron chi connectivity index (χ3n) is 2.60. The zero-order chi connectivity index (χ0) is 10.8. The van der Waals surface area contributed by atoms with Crippen molar-refractivity contribution in [2.45, 2.75) is 32.7 Å². The van der Waals surface area contributed by atoms with Crippen LogP contribution in [0.25, 0.3) is 0 Å². The van der Waals surface area contributed by atoms with Gasteiger partial charge < -0.3 is 10.6 Å². The van der Waals surface area contributed by atoms with Gasteiger partial charge in [-0.1, -0.05) is 6.92 Å². The molecule has 4 nitrogen and oxygen atoms in total. The molecule has 2 heterocycles. The Balaban J connectivity index is 0.00000128. The first-order chi connectivity index (χ1) is 7.20. The van der Waals surface area contributed by atoms with Crippen LogP contribution in [-0.4, -0.2) is 23.5 Å². The van der Waals surface area contributed by atoms with Gasteiger partial charge in [-0.05, 0) is 26.3 Å². The van der Waals surface area contributed by atoms with Crippen LogP contribution < -0.4 is 10.6 Å². The van der Waals surface area contributed by atoms with Crippen molar-refractivity contribution in [2.24, 2.45) is 0 Å². The summed E-state index contributed by atoms with van der Waals surface area (Å²) in [6.07, 6.45) is 1.84. The summed E-state index contributed by atoms with van der Waals surface area (Å²) < 4.78 is 0. The maximum Gasteiger partial charge on any atom is 0.243 e. The third-order valence-corrected chi connectivity index (χ3v) is 3.53. The Hall–Kier alpha value is -0.650. The molecule has 0 unspecified atom stereocenters. The van der Waals surface area contributed by atoms with Gasteiger partial charge in [-0.15, -0.1) is 23.7 Å². The Labute approximate surface area is 105 Å². The van der Waals surface area contributed by atoms with Crippen LogP contribution in [0.3, 0.4) is 0 Å². The highest BCUT2D eigenvalue weighted by Crippen LogP contribution is 2.22. The second-order valence-electron chi connectivity index (χ2n) is 3.66. The minimum Gasteiger partial charge on any atom is -0.306 e. The molecule has 0 aromatic carbocycles. The summed E-state index contributed by atoms with van der Waals surface area (Å²) in [4.78, 5) is 17.2. The first kappa shape index (κ1) is 13.4. The number of rotatable bonds is 3. The Morgan fingerprint density at radius 3 is 2.81 bits per heavy atom. The average molecular weight is 262 g/mol. The quantitative estimate of drug-likeness (QED) is 0.872. The van der Waals surface area contributed by atoms with Crippen LogP contribution in [0.2, 0.25) is 0 Å². The third kappa shape index (κ3) is 2.72. The second-order valence-corrected chi connectivity index (χ2v) is 4.86. The number of amides is 1. The van der Waals surface area contributed by atoms with Gasteiger partial charge in [0.25, 0.3) is 0 Å². The van der Waals surface area contributed by atoms with Gasteiger partial charge >= 0.3 is 0 Å².